The lowest BCUT2D eigenvalue weighted by molar-refractivity contribution is 0.0762. The molecule has 2 rings (SSSR count). The molecule has 0 spiro atoms. The molecule has 4 nitrogen and oxygen atoms in total. The molecule has 1 aromatic rings. The Morgan fingerprint density at radius 2 is 2.31 bits per heavy atom. The highest BCUT2D eigenvalue weighted by molar-refractivity contribution is 5.25. The van der Waals surface area contributed by atoms with Crippen LogP contribution in [0.4, 0.5) is 0 Å². The smallest absolute Gasteiger partial charge is 0.138 e. The molecule has 0 aliphatic carbocycles. The van der Waals surface area contributed by atoms with E-state index in [2.05, 4.69) is 10.5 Å². The number of hydrogen-bond donors (Lipinski definition) is 1. The van der Waals surface area contributed by atoms with Crippen molar-refractivity contribution >= 4 is 0 Å². The van der Waals surface area contributed by atoms with Crippen LogP contribution in [0.5, 0.6) is 0 Å². The molecule has 1 aliphatic rings. The van der Waals surface area contributed by atoms with Gasteiger partial charge in [0.15, 0.2) is 0 Å². The Morgan fingerprint density at radius 3 is 2.85 bits per heavy atom. The van der Waals surface area contributed by atoms with Gasteiger partial charge in [0.25, 0.3) is 0 Å². The number of aromatic nitrogens is 1. The Balaban J connectivity index is 2.22. The van der Waals surface area contributed by atoms with Crippen molar-refractivity contribution < 1.29 is 9.26 Å². The summed E-state index contributed by atoms with van der Waals surface area (Å²) in [6.45, 7) is 6.30. The molecule has 0 radical (unpaired) electrons. The van der Waals surface area contributed by atoms with Crippen molar-refractivity contribution in [1.29, 1.82) is 0 Å². The lowest BCUT2D eigenvalue weighted by Crippen LogP contribution is -2.35. The lowest BCUT2D eigenvalue weighted by atomic mass is 10.1. The molecule has 0 amide bonds. The van der Waals surface area contributed by atoms with E-state index in [4.69, 9.17) is 9.26 Å². The zero-order valence-corrected chi connectivity index (χ0v) is 7.96. The lowest BCUT2D eigenvalue weighted by Gasteiger charge is -2.23. The van der Waals surface area contributed by atoms with Crippen molar-refractivity contribution in [3.05, 3.63) is 17.0 Å². The van der Waals surface area contributed by atoms with Gasteiger partial charge in [-0.3, -0.25) is 0 Å². The van der Waals surface area contributed by atoms with Gasteiger partial charge in [0, 0.05) is 12.1 Å². The van der Waals surface area contributed by atoms with E-state index >= 15 is 0 Å². The van der Waals surface area contributed by atoms with Gasteiger partial charge in [-0.1, -0.05) is 5.16 Å². The minimum atomic E-state index is 0.250. The van der Waals surface area contributed by atoms with E-state index in [9.17, 15) is 0 Å². The fraction of sp³-hybridized carbons (Fsp3) is 0.667. The summed E-state index contributed by atoms with van der Waals surface area (Å²) in [5.41, 5.74) is 2.11. The van der Waals surface area contributed by atoms with Gasteiger partial charge >= 0.3 is 0 Å². The summed E-state index contributed by atoms with van der Waals surface area (Å²) in [6, 6.07) is 0.250. The highest BCUT2D eigenvalue weighted by atomic mass is 16.5. The van der Waals surface area contributed by atoms with E-state index in [0.29, 0.717) is 6.61 Å². The van der Waals surface area contributed by atoms with E-state index in [1.54, 1.807) is 0 Å². The van der Waals surface area contributed by atoms with Gasteiger partial charge in [-0.25, -0.2) is 0 Å². The summed E-state index contributed by atoms with van der Waals surface area (Å²) >= 11 is 0. The Kier molecular flexibility index (Phi) is 2.33. The summed E-state index contributed by atoms with van der Waals surface area (Å²) in [4.78, 5) is 0. The molecule has 4 heteroatoms. The second kappa shape index (κ2) is 3.47. The van der Waals surface area contributed by atoms with Crippen LogP contribution in [0.25, 0.3) is 0 Å². The molecule has 1 aromatic heterocycles. The van der Waals surface area contributed by atoms with Crippen LogP contribution in [0, 0.1) is 13.8 Å². The fourth-order valence-electron chi connectivity index (χ4n) is 1.74. The van der Waals surface area contributed by atoms with Crippen LogP contribution in [0.15, 0.2) is 4.52 Å². The monoisotopic (exact) mass is 182 g/mol. The molecule has 1 atom stereocenters. The molecule has 1 unspecified atom stereocenters. The number of hydrogen-bond acceptors (Lipinski definition) is 4. The van der Waals surface area contributed by atoms with Crippen molar-refractivity contribution in [2.75, 3.05) is 19.8 Å². The van der Waals surface area contributed by atoms with Gasteiger partial charge in [0.05, 0.1) is 24.9 Å². The Labute approximate surface area is 77.2 Å². The first-order valence-electron chi connectivity index (χ1n) is 4.53. The Bertz CT molecular complexity index is 270. The molecule has 0 aromatic carbocycles. The van der Waals surface area contributed by atoms with Gasteiger partial charge in [0.1, 0.15) is 5.76 Å². The van der Waals surface area contributed by atoms with Crippen LogP contribution in [-0.4, -0.2) is 24.9 Å². The van der Waals surface area contributed by atoms with Gasteiger partial charge in [-0.2, -0.15) is 0 Å². The summed E-state index contributed by atoms with van der Waals surface area (Å²) in [7, 11) is 0. The minimum Gasteiger partial charge on any atom is -0.378 e. The van der Waals surface area contributed by atoms with Crippen molar-refractivity contribution in [1.82, 2.24) is 10.5 Å². The van der Waals surface area contributed by atoms with E-state index in [1.165, 1.54) is 0 Å². The maximum absolute atomic E-state index is 5.38. The molecule has 0 saturated carbocycles. The number of nitrogens with zero attached hydrogens (tertiary/aromatic N) is 1. The maximum Gasteiger partial charge on any atom is 0.138 e. The minimum absolute atomic E-state index is 0.250. The van der Waals surface area contributed by atoms with Crippen molar-refractivity contribution in [3.8, 4) is 0 Å². The fourth-order valence-corrected chi connectivity index (χ4v) is 1.74. The van der Waals surface area contributed by atoms with Crippen LogP contribution in [0.3, 0.4) is 0 Å². The molecule has 1 fully saturated rings. The quantitative estimate of drug-likeness (QED) is 0.702. The van der Waals surface area contributed by atoms with Crippen LogP contribution in [-0.2, 0) is 4.74 Å². The number of ether oxygens (including phenoxy) is 1. The van der Waals surface area contributed by atoms with Crippen molar-refractivity contribution in [3.63, 3.8) is 0 Å². The third-order valence-electron chi connectivity index (χ3n) is 2.36. The number of morpholine rings is 1. The van der Waals surface area contributed by atoms with Crippen LogP contribution < -0.4 is 5.32 Å². The van der Waals surface area contributed by atoms with Crippen molar-refractivity contribution in [2.45, 2.75) is 19.9 Å². The molecular weight excluding hydrogens is 168 g/mol. The van der Waals surface area contributed by atoms with E-state index < -0.39 is 0 Å². The Hall–Kier alpha value is -0.870. The van der Waals surface area contributed by atoms with Crippen LogP contribution >= 0.6 is 0 Å². The zero-order chi connectivity index (χ0) is 9.26. The van der Waals surface area contributed by atoms with Gasteiger partial charge in [-0.05, 0) is 13.8 Å². The predicted molar refractivity (Wildman–Crippen MR) is 47.5 cm³/mol. The molecule has 2 heterocycles. The first-order valence-corrected chi connectivity index (χ1v) is 4.53. The van der Waals surface area contributed by atoms with Gasteiger partial charge in [-0.15, -0.1) is 0 Å². The summed E-state index contributed by atoms with van der Waals surface area (Å²) in [6.07, 6.45) is 0. The molecule has 1 N–H and O–H groups in total. The molecule has 0 bridgehead atoms. The van der Waals surface area contributed by atoms with E-state index in [1.807, 2.05) is 13.8 Å². The molecule has 72 valence electrons. The van der Waals surface area contributed by atoms with E-state index in [-0.39, 0.29) is 6.04 Å². The topological polar surface area (TPSA) is 47.3 Å². The van der Waals surface area contributed by atoms with Crippen LogP contribution in [0.2, 0.25) is 0 Å². The average Bonchev–Trinajstić information content (AvgIpc) is 2.48. The van der Waals surface area contributed by atoms with Gasteiger partial charge in [0.2, 0.25) is 0 Å². The number of aryl methyl sites for hydroxylation is 2. The Morgan fingerprint density at radius 1 is 1.46 bits per heavy atom. The molecular formula is C9H14N2O2. The summed E-state index contributed by atoms with van der Waals surface area (Å²) in [5, 5.41) is 7.30. The first kappa shape index (κ1) is 8.72. The van der Waals surface area contributed by atoms with Gasteiger partial charge < -0.3 is 14.6 Å². The average molecular weight is 182 g/mol. The summed E-state index contributed by atoms with van der Waals surface area (Å²) in [5.74, 6) is 0.889. The number of nitrogens with one attached hydrogen (secondary N) is 1. The SMILES string of the molecule is Cc1noc(C)c1C1COCCN1. The van der Waals surface area contributed by atoms with E-state index in [0.717, 1.165) is 30.2 Å². The number of rotatable bonds is 1. The third kappa shape index (κ3) is 1.59. The summed E-state index contributed by atoms with van der Waals surface area (Å²) < 4.78 is 10.5. The maximum atomic E-state index is 5.38. The van der Waals surface area contributed by atoms with Crippen molar-refractivity contribution in [2.24, 2.45) is 0 Å². The molecule has 13 heavy (non-hydrogen) atoms. The highest BCUT2D eigenvalue weighted by Crippen LogP contribution is 2.22. The molecule has 1 saturated heterocycles. The second-order valence-electron chi connectivity index (χ2n) is 3.32. The second-order valence-corrected chi connectivity index (χ2v) is 3.32. The molecule has 1 aliphatic heterocycles. The highest BCUT2D eigenvalue weighted by Gasteiger charge is 2.22. The predicted octanol–water partition coefficient (Wildman–Crippen LogP) is 0.952. The van der Waals surface area contributed by atoms with Crippen LogP contribution in [0.1, 0.15) is 23.1 Å². The normalized spacial score (nSPS) is 23.4. The zero-order valence-electron chi connectivity index (χ0n) is 7.96. The standard InChI is InChI=1S/C9H14N2O2/c1-6-9(7(2)13-11-6)8-5-12-4-3-10-8/h8,10H,3-5H2,1-2H3. The third-order valence-corrected chi connectivity index (χ3v) is 2.36. The largest absolute Gasteiger partial charge is 0.378 e. The first-order chi connectivity index (χ1) is 6.29.